The largest absolute Gasteiger partial charge is 0.478 e. The maximum atomic E-state index is 12.5. The summed E-state index contributed by atoms with van der Waals surface area (Å²) in [5, 5.41) is 10.2. The molecule has 0 aliphatic heterocycles. The van der Waals surface area contributed by atoms with Crippen LogP contribution in [0.4, 0.5) is 0 Å². The van der Waals surface area contributed by atoms with Crippen molar-refractivity contribution in [2.75, 3.05) is 6.54 Å². The zero-order chi connectivity index (χ0) is 15.3. The summed E-state index contributed by atoms with van der Waals surface area (Å²) in [7, 11) is -3.60. The predicted molar refractivity (Wildman–Crippen MR) is 79.8 cm³/mol. The smallest absolute Gasteiger partial charge is 0.336 e. The topological polar surface area (TPSA) is 74.7 Å². The van der Waals surface area contributed by atoms with Crippen LogP contribution in [0.1, 0.15) is 50.4 Å². The first kappa shape index (κ1) is 17.1. The van der Waals surface area contributed by atoms with E-state index >= 15 is 0 Å². The molecule has 0 radical (unpaired) electrons. The van der Waals surface area contributed by atoms with Crippen molar-refractivity contribution in [2.24, 2.45) is 0 Å². The van der Waals surface area contributed by atoms with Gasteiger partial charge in [-0.25, -0.2) is 13.2 Å². The van der Waals surface area contributed by atoms with E-state index in [0.29, 0.717) is 6.54 Å². The van der Waals surface area contributed by atoms with Gasteiger partial charge in [-0.05, 0) is 26.3 Å². The summed E-state index contributed by atoms with van der Waals surface area (Å²) in [6.45, 7) is 6.19. The van der Waals surface area contributed by atoms with Gasteiger partial charge in [-0.3, -0.25) is 0 Å². The molecule has 0 aliphatic rings. The number of carboxylic acids is 1. The maximum Gasteiger partial charge on any atom is 0.336 e. The van der Waals surface area contributed by atoms with Crippen LogP contribution in [0.25, 0.3) is 0 Å². The second-order valence-electron chi connectivity index (χ2n) is 4.88. The third-order valence-electron chi connectivity index (χ3n) is 2.94. The van der Waals surface area contributed by atoms with Crippen LogP contribution in [0, 0.1) is 0 Å². The zero-order valence-corrected chi connectivity index (χ0v) is 13.6. The average Bonchev–Trinajstić information content (AvgIpc) is 2.84. The third-order valence-corrected chi connectivity index (χ3v) is 6.43. The van der Waals surface area contributed by atoms with Gasteiger partial charge in [0.2, 0.25) is 0 Å². The quantitative estimate of drug-likeness (QED) is 0.747. The summed E-state index contributed by atoms with van der Waals surface area (Å²) in [6.07, 6.45) is 2.81. The van der Waals surface area contributed by atoms with Crippen LogP contribution >= 0.6 is 11.3 Å². The molecule has 1 rings (SSSR count). The molecular formula is C13H21NO4S2. The van der Waals surface area contributed by atoms with Gasteiger partial charge in [0.1, 0.15) is 4.21 Å². The van der Waals surface area contributed by atoms with Crippen LogP contribution in [0.15, 0.2) is 15.7 Å². The van der Waals surface area contributed by atoms with E-state index in [1.807, 2.05) is 13.8 Å². The predicted octanol–water partition coefficient (Wildman–Crippen LogP) is 3.04. The minimum absolute atomic E-state index is 0.0193. The lowest BCUT2D eigenvalue weighted by atomic mass is 10.2. The van der Waals surface area contributed by atoms with Crippen LogP contribution < -0.4 is 0 Å². The molecule has 0 saturated heterocycles. The first-order valence-corrected chi connectivity index (χ1v) is 8.96. The van der Waals surface area contributed by atoms with Gasteiger partial charge >= 0.3 is 5.97 Å². The number of hydrogen-bond acceptors (Lipinski definition) is 4. The summed E-state index contributed by atoms with van der Waals surface area (Å²) in [5.41, 5.74) is 0.0193. The summed E-state index contributed by atoms with van der Waals surface area (Å²) in [6, 6.07) is 1.09. The number of carboxylic acid groups (broad SMARTS) is 1. The molecule has 0 spiro atoms. The first-order chi connectivity index (χ1) is 9.30. The highest BCUT2D eigenvalue weighted by Gasteiger charge is 2.28. The summed E-state index contributed by atoms with van der Waals surface area (Å²) >= 11 is 0.959. The molecule has 0 unspecified atom stereocenters. The molecule has 5 nitrogen and oxygen atoms in total. The fraction of sp³-hybridized carbons (Fsp3) is 0.615. The molecule has 0 aliphatic carbocycles. The van der Waals surface area contributed by atoms with Gasteiger partial charge in [0.05, 0.1) is 5.56 Å². The maximum absolute atomic E-state index is 12.5. The molecule has 0 amide bonds. The number of carbonyl (C=O) groups is 1. The second-order valence-corrected chi connectivity index (χ2v) is 7.90. The number of aromatic carboxylic acids is 1. The van der Waals surface area contributed by atoms with Crippen molar-refractivity contribution in [1.82, 2.24) is 4.31 Å². The van der Waals surface area contributed by atoms with E-state index in [1.165, 1.54) is 15.8 Å². The lowest BCUT2D eigenvalue weighted by Crippen LogP contribution is -2.37. The third kappa shape index (κ3) is 4.04. The van der Waals surface area contributed by atoms with E-state index in [2.05, 4.69) is 6.92 Å². The van der Waals surface area contributed by atoms with Crippen molar-refractivity contribution in [3.8, 4) is 0 Å². The highest BCUT2D eigenvalue weighted by Crippen LogP contribution is 2.25. The monoisotopic (exact) mass is 319 g/mol. The van der Waals surface area contributed by atoms with E-state index in [-0.39, 0.29) is 15.8 Å². The van der Waals surface area contributed by atoms with Crippen LogP contribution in [0.5, 0.6) is 0 Å². The Balaban J connectivity index is 2.99. The number of hydrogen-bond donors (Lipinski definition) is 1. The molecule has 114 valence electrons. The van der Waals surface area contributed by atoms with Crippen molar-refractivity contribution >= 4 is 27.3 Å². The molecule has 0 atom stereocenters. The van der Waals surface area contributed by atoms with Crippen LogP contribution in [-0.4, -0.2) is 36.4 Å². The van der Waals surface area contributed by atoms with Crippen molar-refractivity contribution in [3.63, 3.8) is 0 Å². The molecule has 20 heavy (non-hydrogen) atoms. The number of rotatable bonds is 8. The number of unbranched alkanes of at least 4 members (excludes halogenated alkanes) is 2. The van der Waals surface area contributed by atoms with Gasteiger partial charge in [-0.1, -0.05) is 19.8 Å². The molecule has 1 aromatic rings. The van der Waals surface area contributed by atoms with Crippen molar-refractivity contribution in [3.05, 3.63) is 17.0 Å². The zero-order valence-electron chi connectivity index (χ0n) is 12.0. The van der Waals surface area contributed by atoms with Crippen LogP contribution in [0.3, 0.4) is 0 Å². The lowest BCUT2D eigenvalue weighted by molar-refractivity contribution is 0.0697. The lowest BCUT2D eigenvalue weighted by Gasteiger charge is -2.25. The highest BCUT2D eigenvalue weighted by atomic mass is 32.2. The van der Waals surface area contributed by atoms with E-state index in [4.69, 9.17) is 5.11 Å². The molecule has 0 bridgehead atoms. The number of nitrogens with zero attached hydrogens (tertiary/aromatic N) is 1. The Morgan fingerprint density at radius 2 is 2.05 bits per heavy atom. The highest BCUT2D eigenvalue weighted by molar-refractivity contribution is 7.91. The molecule has 1 heterocycles. The standard InChI is InChI=1S/C13H21NO4S2/c1-4-5-6-7-14(10(2)3)20(17,18)12-8-11(9-19-12)13(15)16/h8-10H,4-7H2,1-3H3,(H,15,16). The van der Waals surface area contributed by atoms with E-state index in [0.717, 1.165) is 30.6 Å². The Kier molecular flexibility index (Phi) is 6.16. The fourth-order valence-corrected chi connectivity index (χ4v) is 4.81. The molecule has 0 fully saturated rings. The van der Waals surface area contributed by atoms with E-state index in [9.17, 15) is 13.2 Å². The van der Waals surface area contributed by atoms with Gasteiger partial charge in [-0.2, -0.15) is 4.31 Å². The van der Waals surface area contributed by atoms with E-state index in [1.54, 1.807) is 0 Å². The van der Waals surface area contributed by atoms with Crippen LogP contribution in [-0.2, 0) is 10.0 Å². The molecule has 1 aromatic heterocycles. The van der Waals surface area contributed by atoms with Gasteiger partial charge in [0, 0.05) is 18.0 Å². The Morgan fingerprint density at radius 3 is 2.50 bits per heavy atom. The second kappa shape index (κ2) is 7.19. The number of thiophene rings is 1. The van der Waals surface area contributed by atoms with E-state index < -0.39 is 16.0 Å². The number of sulfonamides is 1. The molecule has 0 aromatic carbocycles. The molecule has 1 N–H and O–H groups in total. The van der Waals surface area contributed by atoms with Gasteiger partial charge in [0.15, 0.2) is 0 Å². The average molecular weight is 319 g/mol. The van der Waals surface area contributed by atoms with Crippen molar-refractivity contribution < 1.29 is 18.3 Å². The van der Waals surface area contributed by atoms with Crippen molar-refractivity contribution in [2.45, 2.75) is 50.3 Å². The summed E-state index contributed by atoms with van der Waals surface area (Å²) in [4.78, 5) is 10.9. The van der Waals surface area contributed by atoms with Crippen molar-refractivity contribution in [1.29, 1.82) is 0 Å². The minimum Gasteiger partial charge on any atom is -0.478 e. The normalized spacial score (nSPS) is 12.2. The van der Waals surface area contributed by atoms with Gasteiger partial charge in [0.25, 0.3) is 10.0 Å². The Labute approximate surface area is 124 Å². The Morgan fingerprint density at radius 1 is 1.40 bits per heavy atom. The summed E-state index contributed by atoms with van der Waals surface area (Å²) in [5.74, 6) is -1.11. The SMILES string of the molecule is CCCCCN(C(C)C)S(=O)(=O)c1cc(C(=O)O)cs1. The van der Waals surface area contributed by atoms with Crippen LogP contribution in [0.2, 0.25) is 0 Å². The summed E-state index contributed by atoms with van der Waals surface area (Å²) < 4.78 is 26.6. The minimum atomic E-state index is -3.60. The molecule has 7 heteroatoms. The van der Waals surface area contributed by atoms with Gasteiger partial charge in [-0.15, -0.1) is 11.3 Å². The molecular weight excluding hydrogens is 298 g/mol. The Hall–Kier alpha value is -0.920. The Bertz CT molecular complexity index is 548. The molecule has 0 saturated carbocycles. The fourth-order valence-electron chi connectivity index (χ4n) is 1.85. The van der Waals surface area contributed by atoms with Gasteiger partial charge < -0.3 is 5.11 Å². The first-order valence-electron chi connectivity index (χ1n) is 6.64.